The molecule has 0 saturated carbocycles. The molecule has 0 N–H and O–H groups in total. The van der Waals surface area contributed by atoms with Gasteiger partial charge in [-0.1, -0.05) is 6.07 Å². The predicted molar refractivity (Wildman–Crippen MR) is 64.0 cm³/mol. The third kappa shape index (κ3) is 4.02. The number of aryl methyl sites for hydroxylation is 1. The van der Waals surface area contributed by atoms with E-state index in [1.807, 2.05) is 6.92 Å². The van der Waals surface area contributed by atoms with Gasteiger partial charge >= 0.3 is 0 Å². The van der Waals surface area contributed by atoms with Crippen LogP contribution in [-0.2, 0) is 10.8 Å². The summed E-state index contributed by atoms with van der Waals surface area (Å²) in [6.45, 7) is 6.97. The minimum atomic E-state index is -1.63. The lowest BCUT2D eigenvalue weighted by Gasteiger charge is -2.21. The van der Waals surface area contributed by atoms with Gasteiger partial charge in [-0.2, -0.15) is 0 Å². The zero-order valence-electron chi connectivity index (χ0n) is 10.0. The quantitative estimate of drug-likeness (QED) is 0.717. The van der Waals surface area contributed by atoms with Gasteiger partial charge in [0.1, 0.15) is 0 Å². The molecule has 0 heterocycles. The van der Waals surface area contributed by atoms with Gasteiger partial charge in [0.2, 0.25) is 0 Å². The van der Waals surface area contributed by atoms with Crippen molar-refractivity contribution in [3.05, 3.63) is 35.4 Å². The molecule has 0 aromatic heterocycles. The van der Waals surface area contributed by atoms with Gasteiger partial charge in [-0.05, 0) is 50.2 Å². The van der Waals surface area contributed by atoms with E-state index in [-0.39, 0.29) is 0 Å². The van der Waals surface area contributed by atoms with Crippen LogP contribution in [0.5, 0.6) is 0 Å². The molecule has 4 heteroatoms. The van der Waals surface area contributed by atoms with E-state index in [9.17, 15) is 8.78 Å². The maximum Gasteiger partial charge on any atom is 0.187 e. The summed E-state index contributed by atoms with van der Waals surface area (Å²) in [7, 11) is -1.63. The summed E-state index contributed by atoms with van der Waals surface area (Å²) in [5.74, 6) is -1.56. The molecule has 0 aliphatic carbocycles. The zero-order chi connectivity index (χ0) is 12.2. The van der Waals surface area contributed by atoms with Crippen LogP contribution >= 0.6 is 0 Å². The maximum atomic E-state index is 13.0. The van der Waals surface area contributed by atoms with Crippen LogP contribution in [0.1, 0.15) is 12.5 Å². The molecule has 90 valence electrons. The van der Waals surface area contributed by atoms with E-state index in [1.165, 1.54) is 12.1 Å². The van der Waals surface area contributed by atoms with Crippen LogP contribution in [0.4, 0.5) is 8.78 Å². The van der Waals surface area contributed by atoms with E-state index in [0.717, 1.165) is 24.6 Å². The Kier molecular flexibility index (Phi) is 4.62. The van der Waals surface area contributed by atoms with Gasteiger partial charge in [0, 0.05) is 6.61 Å². The molecule has 16 heavy (non-hydrogen) atoms. The summed E-state index contributed by atoms with van der Waals surface area (Å²) in [5.41, 5.74) is 0.833. The summed E-state index contributed by atoms with van der Waals surface area (Å²) >= 11 is 0. The molecule has 0 fully saturated rings. The van der Waals surface area contributed by atoms with Crippen molar-refractivity contribution < 1.29 is 13.2 Å². The van der Waals surface area contributed by atoms with Crippen LogP contribution in [0.25, 0.3) is 0 Å². The van der Waals surface area contributed by atoms with E-state index in [4.69, 9.17) is 4.43 Å². The molecule has 1 aromatic carbocycles. The molecule has 0 unspecified atom stereocenters. The molecule has 0 radical (unpaired) electrons. The Morgan fingerprint density at radius 1 is 1.19 bits per heavy atom. The van der Waals surface area contributed by atoms with E-state index >= 15 is 0 Å². The Morgan fingerprint density at radius 3 is 2.44 bits per heavy atom. The summed E-state index contributed by atoms with van der Waals surface area (Å²) in [4.78, 5) is 0. The van der Waals surface area contributed by atoms with Gasteiger partial charge in [0.25, 0.3) is 0 Å². The summed E-state index contributed by atoms with van der Waals surface area (Å²) in [6.07, 6.45) is 0.746. The fraction of sp³-hybridized carbons (Fsp3) is 0.500. The van der Waals surface area contributed by atoms with Gasteiger partial charge < -0.3 is 4.43 Å². The Bertz CT molecular complexity index is 353. The van der Waals surface area contributed by atoms with Crippen molar-refractivity contribution in [2.24, 2.45) is 0 Å². The van der Waals surface area contributed by atoms with Crippen LogP contribution in [0.2, 0.25) is 19.1 Å². The standard InChI is InChI=1S/C12H18F2OSi/c1-4-15-16(2,3)8-7-10-5-6-11(13)12(14)9-10/h5-6,9H,4,7-8H2,1-3H3. The molecule has 1 rings (SSSR count). The average molecular weight is 244 g/mol. The lowest BCUT2D eigenvalue weighted by molar-refractivity contribution is 0.329. The van der Waals surface area contributed by atoms with E-state index in [0.29, 0.717) is 0 Å². The molecule has 0 saturated heterocycles. The zero-order valence-corrected chi connectivity index (χ0v) is 11.0. The maximum absolute atomic E-state index is 13.0. The molecule has 0 aliphatic heterocycles. The van der Waals surface area contributed by atoms with Crippen LogP contribution in [0, 0.1) is 11.6 Å². The fourth-order valence-corrected chi connectivity index (χ4v) is 3.42. The van der Waals surface area contributed by atoms with Crippen molar-refractivity contribution in [1.29, 1.82) is 0 Å². The molecule has 0 aliphatic rings. The molecular weight excluding hydrogens is 226 g/mol. The first-order chi connectivity index (χ1) is 7.44. The van der Waals surface area contributed by atoms with Crippen molar-refractivity contribution in [3.63, 3.8) is 0 Å². The number of rotatable bonds is 5. The molecule has 0 atom stereocenters. The summed E-state index contributed by atoms with van der Waals surface area (Å²) in [5, 5.41) is 0. The highest BCUT2D eigenvalue weighted by molar-refractivity contribution is 6.71. The third-order valence-electron chi connectivity index (χ3n) is 2.53. The molecule has 1 aromatic rings. The van der Waals surface area contributed by atoms with Gasteiger partial charge in [-0.3, -0.25) is 0 Å². The number of benzene rings is 1. The van der Waals surface area contributed by atoms with Gasteiger partial charge in [-0.15, -0.1) is 0 Å². The SMILES string of the molecule is CCO[Si](C)(C)CCc1ccc(F)c(F)c1. The van der Waals surface area contributed by atoms with Crippen LogP contribution in [0.3, 0.4) is 0 Å². The molecular formula is C12H18F2OSi. The highest BCUT2D eigenvalue weighted by Gasteiger charge is 2.21. The lowest BCUT2D eigenvalue weighted by atomic mass is 10.2. The Morgan fingerprint density at radius 2 is 1.88 bits per heavy atom. The average Bonchev–Trinajstić information content (AvgIpc) is 2.20. The lowest BCUT2D eigenvalue weighted by Crippen LogP contribution is -2.30. The second kappa shape index (κ2) is 5.55. The normalized spacial score (nSPS) is 11.8. The van der Waals surface area contributed by atoms with Gasteiger partial charge in [0.05, 0.1) is 0 Å². The molecule has 0 spiro atoms. The largest absolute Gasteiger partial charge is 0.418 e. The summed E-state index contributed by atoms with van der Waals surface area (Å²) in [6, 6.07) is 5.01. The molecule has 0 amide bonds. The molecule has 1 nitrogen and oxygen atoms in total. The van der Waals surface area contributed by atoms with Gasteiger partial charge in [-0.25, -0.2) is 8.78 Å². The topological polar surface area (TPSA) is 9.23 Å². The van der Waals surface area contributed by atoms with Crippen LogP contribution < -0.4 is 0 Å². The first-order valence-corrected chi connectivity index (χ1v) is 8.64. The van der Waals surface area contributed by atoms with Crippen molar-refractivity contribution in [2.75, 3.05) is 6.61 Å². The number of halogens is 2. The fourth-order valence-electron chi connectivity index (χ4n) is 1.60. The third-order valence-corrected chi connectivity index (χ3v) is 5.06. The van der Waals surface area contributed by atoms with Gasteiger partial charge in [0.15, 0.2) is 20.0 Å². The first kappa shape index (κ1) is 13.3. The van der Waals surface area contributed by atoms with Crippen LogP contribution in [-0.4, -0.2) is 14.9 Å². The smallest absolute Gasteiger partial charge is 0.187 e. The second-order valence-corrected chi connectivity index (χ2v) is 8.75. The van der Waals surface area contributed by atoms with E-state index in [2.05, 4.69) is 13.1 Å². The Balaban J connectivity index is 2.57. The van der Waals surface area contributed by atoms with Crippen LogP contribution in [0.15, 0.2) is 18.2 Å². The van der Waals surface area contributed by atoms with Crippen molar-refractivity contribution >= 4 is 8.32 Å². The Labute approximate surface area is 96.6 Å². The van der Waals surface area contributed by atoms with E-state index < -0.39 is 20.0 Å². The highest BCUT2D eigenvalue weighted by Crippen LogP contribution is 2.17. The highest BCUT2D eigenvalue weighted by atomic mass is 28.4. The number of hydrogen-bond donors (Lipinski definition) is 0. The minimum absolute atomic E-state index is 0.719. The second-order valence-electron chi connectivity index (χ2n) is 4.44. The molecule has 0 bridgehead atoms. The summed E-state index contributed by atoms with van der Waals surface area (Å²) < 4.78 is 31.3. The first-order valence-electron chi connectivity index (χ1n) is 5.52. The predicted octanol–water partition coefficient (Wildman–Crippen LogP) is 3.75. The van der Waals surface area contributed by atoms with Crippen molar-refractivity contribution in [2.45, 2.75) is 32.5 Å². The minimum Gasteiger partial charge on any atom is -0.418 e. The van der Waals surface area contributed by atoms with E-state index in [1.54, 1.807) is 6.07 Å². The van der Waals surface area contributed by atoms with Crippen molar-refractivity contribution in [1.82, 2.24) is 0 Å². The van der Waals surface area contributed by atoms with Crippen molar-refractivity contribution in [3.8, 4) is 0 Å². The monoisotopic (exact) mass is 244 g/mol. The Hall–Kier alpha value is -0.743. The number of hydrogen-bond acceptors (Lipinski definition) is 1.